The number of aromatic nitrogens is 4. The molecule has 0 bridgehead atoms. The van der Waals surface area contributed by atoms with E-state index in [2.05, 4.69) is 24.9 Å². The molecule has 4 rings (SSSR count). The lowest BCUT2D eigenvalue weighted by Gasteiger charge is -2.33. The normalized spacial score (nSPS) is 18.4. The molecule has 0 spiro atoms. The molecule has 8 heteroatoms. The number of benzene rings is 1. The minimum atomic E-state index is -0.479. The van der Waals surface area contributed by atoms with Gasteiger partial charge >= 0.3 is 0 Å². The van der Waals surface area contributed by atoms with E-state index in [0.717, 1.165) is 22.2 Å². The van der Waals surface area contributed by atoms with Gasteiger partial charge in [-0.15, -0.1) is 0 Å². The number of hydrogen-bond donors (Lipinski definition) is 1. The summed E-state index contributed by atoms with van der Waals surface area (Å²) < 4.78 is 0. The number of nitrogens with zero attached hydrogens (tertiary/aromatic N) is 5. The van der Waals surface area contributed by atoms with E-state index in [9.17, 15) is 0 Å². The largest absolute Gasteiger partial charge is 0.372 e. The summed E-state index contributed by atoms with van der Waals surface area (Å²) in [7, 11) is 13.8. The van der Waals surface area contributed by atoms with E-state index in [-0.39, 0.29) is 0 Å². The van der Waals surface area contributed by atoms with E-state index in [1.165, 1.54) is 6.33 Å². The van der Waals surface area contributed by atoms with Crippen molar-refractivity contribution in [3.63, 3.8) is 0 Å². The van der Waals surface area contributed by atoms with Crippen molar-refractivity contribution < 1.29 is 0 Å². The first-order valence-electron chi connectivity index (χ1n) is 6.10. The zero-order valence-electron chi connectivity index (χ0n) is 10.7. The Labute approximate surface area is 117 Å². The van der Waals surface area contributed by atoms with Crippen LogP contribution in [-0.2, 0) is 0 Å². The van der Waals surface area contributed by atoms with Crippen LogP contribution in [0.15, 0.2) is 23.7 Å². The highest BCUT2D eigenvalue weighted by Crippen LogP contribution is 2.43. The Morgan fingerprint density at radius 2 is 2.00 bits per heavy atom. The molecule has 6 nitrogen and oxygen atoms in total. The van der Waals surface area contributed by atoms with Gasteiger partial charge in [-0.2, -0.15) is 0 Å². The quantitative estimate of drug-likeness (QED) is 0.601. The van der Waals surface area contributed by atoms with Crippen LogP contribution in [0.2, 0.25) is 0 Å². The fourth-order valence-corrected chi connectivity index (χ4v) is 2.55. The van der Waals surface area contributed by atoms with Crippen LogP contribution in [0.4, 0.5) is 11.4 Å². The number of rotatable bonds is 0. The van der Waals surface area contributed by atoms with Gasteiger partial charge < -0.3 is 9.88 Å². The second kappa shape index (κ2) is 3.82. The van der Waals surface area contributed by atoms with Crippen LogP contribution in [0, 0.1) is 0 Å². The average molecular weight is 258 g/mol. The molecule has 4 radical (unpaired) electrons. The van der Waals surface area contributed by atoms with Gasteiger partial charge in [-0.3, -0.25) is 9.98 Å². The average Bonchev–Trinajstić information content (AvgIpc) is 2.94. The Kier molecular flexibility index (Phi) is 2.19. The summed E-state index contributed by atoms with van der Waals surface area (Å²) in [5.41, 5.74) is 4.82. The summed E-state index contributed by atoms with van der Waals surface area (Å²) >= 11 is 0. The Hall–Kier alpha value is -2.37. The van der Waals surface area contributed by atoms with Crippen LogP contribution >= 0.6 is 0 Å². The van der Waals surface area contributed by atoms with Gasteiger partial charge in [0, 0.05) is 25.4 Å². The molecule has 1 atom stereocenters. The van der Waals surface area contributed by atoms with E-state index in [0.29, 0.717) is 16.8 Å². The molecule has 0 aliphatic carbocycles. The minimum Gasteiger partial charge on any atom is -0.372 e. The van der Waals surface area contributed by atoms with Crippen molar-refractivity contribution in [2.24, 2.45) is 4.99 Å². The first kappa shape index (κ1) is 11.5. The van der Waals surface area contributed by atoms with Gasteiger partial charge in [-0.1, -0.05) is 0 Å². The van der Waals surface area contributed by atoms with E-state index in [4.69, 9.17) is 15.7 Å². The molecule has 1 N–H and O–H groups in total. The van der Waals surface area contributed by atoms with Crippen molar-refractivity contribution in [2.75, 3.05) is 11.9 Å². The maximum absolute atomic E-state index is 6.03. The summed E-state index contributed by atoms with van der Waals surface area (Å²) in [5, 5.41) is 0. The van der Waals surface area contributed by atoms with Crippen molar-refractivity contribution >= 4 is 54.7 Å². The number of anilines is 1. The highest BCUT2D eigenvalue weighted by Gasteiger charge is 2.27. The third-order valence-electron chi connectivity index (χ3n) is 3.56. The molecule has 0 saturated carbocycles. The second-order valence-electron chi connectivity index (χ2n) is 4.67. The summed E-state index contributed by atoms with van der Waals surface area (Å²) in [4.78, 5) is 22.4. The van der Waals surface area contributed by atoms with Gasteiger partial charge in [-0.05, 0) is 5.61 Å². The topological polar surface area (TPSA) is 70.1 Å². The minimum absolute atomic E-state index is 0.353. The van der Waals surface area contributed by atoms with E-state index < -0.39 is 5.94 Å². The number of aromatic amines is 1. The van der Waals surface area contributed by atoms with Crippen LogP contribution in [0.25, 0.3) is 22.1 Å². The molecular formula is C12H8B2N6. The van der Waals surface area contributed by atoms with Crippen LogP contribution in [0.5, 0.6) is 0 Å². The second-order valence-corrected chi connectivity index (χ2v) is 4.67. The molecule has 1 aliphatic heterocycles. The van der Waals surface area contributed by atoms with Gasteiger partial charge in [0.05, 0.1) is 11.2 Å². The number of aliphatic imine (C=N–C) groups is 1. The van der Waals surface area contributed by atoms with Gasteiger partial charge in [0.15, 0.2) is 0 Å². The van der Waals surface area contributed by atoms with Crippen LogP contribution in [0.1, 0.15) is 0 Å². The molecule has 3 heterocycles. The number of hydrogen-bond acceptors (Lipinski definition) is 5. The lowest BCUT2D eigenvalue weighted by molar-refractivity contribution is 0.993. The Balaban J connectivity index is 2.27. The monoisotopic (exact) mass is 258 g/mol. The van der Waals surface area contributed by atoms with E-state index >= 15 is 0 Å². The molecular weight excluding hydrogens is 250 g/mol. The summed E-state index contributed by atoms with van der Waals surface area (Å²) in [5.74, 6) is -0.479. The van der Waals surface area contributed by atoms with Crippen LogP contribution in [-0.4, -0.2) is 54.2 Å². The van der Waals surface area contributed by atoms with Gasteiger partial charge in [0.1, 0.15) is 44.3 Å². The molecule has 92 valence electrons. The highest BCUT2D eigenvalue weighted by atomic mass is 15.2. The lowest BCUT2D eigenvalue weighted by atomic mass is 9.78. The Morgan fingerprint density at radius 3 is 2.85 bits per heavy atom. The Morgan fingerprint density at radius 1 is 1.20 bits per heavy atom. The fraction of sp³-hybridized carbons (Fsp3) is 0.167. The molecule has 1 aliphatic rings. The number of fused-ring (bicyclic) bond motifs is 6. The predicted molar refractivity (Wildman–Crippen MR) is 80.0 cm³/mol. The van der Waals surface area contributed by atoms with E-state index in [1.54, 1.807) is 12.4 Å². The number of nitrogens with one attached hydrogen (secondary N) is 1. The van der Waals surface area contributed by atoms with Gasteiger partial charge in [-0.25, -0.2) is 9.97 Å². The zero-order chi connectivity index (χ0) is 13.9. The van der Waals surface area contributed by atoms with Crippen molar-refractivity contribution in [1.29, 1.82) is 0 Å². The maximum atomic E-state index is 6.03. The standard InChI is InChI=1S/C12H8B2N6/c1-20-10-8-6(17-4-18-8)5-7(16-3-2-15-5)9(10)19-11(13)12(20)14/h2-4,12,15H,1H3. The number of imidazole rings is 1. The number of H-pyrrole nitrogens is 1. The summed E-state index contributed by atoms with van der Waals surface area (Å²) in [6.07, 6.45) is 4.94. The van der Waals surface area contributed by atoms with Crippen molar-refractivity contribution in [3.05, 3.63) is 18.7 Å². The third kappa shape index (κ3) is 1.31. The maximum Gasteiger partial charge on any atom is 0.137 e. The van der Waals surface area contributed by atoms with Gasteiger partial charge in [0.25, 0.3) is 0 Å². The van der Waals surface area contributed by atoms with Crippen molar-refractivity contribution in [2.45, 2.75) is 5.94 Å². The van der Waals surface area contributed by atoms with Crippen LogP contribution < -0.4 is 4.90 Å². The fourth-order valence-electron chi connectivity index (χ4n) is 2.55. The highest BCUT2D eigenvalue weighted by molar-refractivity contribution is 6.66. The molecule has 3 aromatic rings. The molecule has 0 saturated heterocycles. The van der Waals surface area contributed by atoms with E-state index in [1.807, 2.05) is 11.9 Å². The van der Waals surface area contributed by atoms with Crippen molar-refractivity contribution in [3.8, 4) is 0 Å². The predicted octanol–water partition coefficient (Wildman–Crippen LogP) is 0.649. The lowest BCUT2D eigenvalue weighted by Crippen LogP contribution is -2.41. The smallest absolute Gasteiger partial charge is 0.137 e. The molecule has 0 fully saturated rings. The zero-order valence-corrected chi connectivity index (χ0v) is 10.7. The summed E-state index contributed by atoms with van der Waals surface area (Å²) in [6.45, 7) is 0. The molecule has 1 aromatic carbocycles. The van der Waals surface area contributed by atoms with Crippen LogP contribution in [0.3, 0.4) is 0 Å². The molecule has 0 amide bonds. The Bertz CT molecular complexity index is 871. The molecule has 20 heavy (non-hydrogen) atoms. The first-order chi connectivity index (χ1) is 9.68. The molecule has 1 unspecified atom stereocenters. The SMILES string of the molecule is [B]C1=Nc2c(c3ncnc3c3[nH]ccnc23)N(C)C1[B]. The summed E-state index contributed by atoms with van der Waals surface area (Å²) in [6, 6.07) is 0. The van der Waals surface area contributed by atoms with Crippen molar-refractivity contribution in [1.82, 2.24) is 19.9 Å². The first-order valence-corrected chi connectivity index (χ1v) is 6.10. The molecule has 2 aromatic heterocycles. The third-order valence-corrected chi connectivity index (χ3v) is 3.56. The van der Waals surface area contributed by atoms with Gasteiger partial charge in [0.2, 0.25) is 0 Å².